The average Bonchev–Trinajstić information content (AvgIpc) is 2.75. The zero-order valence-corrected chi connectivity index (χ0v) is 9.70. The third kappa shape index (κ3) is 3.78. The molecule has 0 saturated carbocycles. The molecule has 92 valence electrons. The zero-order chi connectivity index (χ0) is 12.7. The van der Waals surface area contributed by atoms with Gasteiger partial charge in [-0.15, -0.1) is 0 Å². The van der Waals surface area contributed by atoms with E-state index in [4.69, 9.17) is 10.3 Å². The molecule has 0 saturated heterocycles. The lowest BCUT2D eigenvalue weighted by molar-refractivity contribution is -0.143. The molecule has 0 aromatic carbocycles. The number of azide groups is 1. The summed E-state index contributed by atoms with van der Waals surface area (Å²) in [6.07, 6.45) is 3.31. The summed E-state index contributed by atoms with van der Waals surface area (Å²) in [7, 11) is 3.08. The van der Waals surface area contributed by atoms with Gasteiger partial charge in [0.1, 0.15) is 6.04 Å². The van der Waals surface area contributed by atoms with Crippen LogP contribution < -0.4 is 5.32 Å². The van der Waals surface area contributed by atoms with Gasteiger partial charge in [-0.3, -0.25) is 4.68 Å². The lowest BCUT2D eigenvalue weighted by atomic mass is 10.1. The van der Waals surface area contributed by atoms with Crippen molar-refractivity contribution >= 4 is 5.97 Å². The summed E-state index contributed by atoms with van der Waals surface area (Å²) in [5, 5.41) is 10.3. The summed E-state index contributed by atoms with van der Waals surface area (Å²) in [6, 6.07) is -0.595. The van der Waals surface area contributed by atoms with Crippen LogP contribution in [0.5, 0.6) is 0 Å². The minimum Gasteiger partial charge on any atom is -0.468 e. The van der Waals surface area contributed by atoms with E-state index >= 15 is 0 Å². The second-order valence-electron chi connectivity index (χ2n) is 3.31. The molecule has 1 aromatic rings. The summed E-state index contributed by atoms with van der Waals surface area (Å²) >= 11 is 0. The van der Waals surface area contributed by atoms with E-state index in [0.29, 0.717) is 12.1 Å². The van der Waals surface area contributed by atoms with E-state index in [1.165, 1.54) is 7.11 Å². The maximum absolute atomic E-state index is 11.6. The fourth-order valence-corrected chi connectivity index (χ4v) is 1.35. The lowest BCUT2D eigenvalue weighted by Crippen LogP contribution is -2.31. The molecule has 0 aliphatic heterocycles. The van der Waals surface area contributed by atoms with Gasteiger partial charge in [0.15, 0.2) is 0 Å². The molecule has 1 aromatic heterocycles. The summed E-state index contributed by atoms with van der Waals surface area (Å²) in [5.41, 5.74) is 8.84. The Morgan fingerprint density at radius 1 is 1.82 bits per heavy atom. The minimum atomic E-state index is -0.595. The highest BCUT2D eigenvalue weighted by Crippen LogP contribution is 2.12. The average molecular weight is 238 g/mol. The molecule has 8 heteroatoms. The summed E-state index contributed by atoms with van der Waals surface area (Å²) in [6.45, 7) is 0.656. The highest BCUT2D eigenvalue weighted by molar-refractivity contribution is 5.77. The van der Waals surface area contributed by atoms with E-state index in [9.17, 15) is 4.79 Å². The molecule has 0 amide bonds. The number of hydrogen-bond donors (Lipinski definition) is 1. The second-order valence-corrected chi connectivity index (χ2v) is 3.31. The number of nitrogens with zero attached hydrogens (tertiary/aromatic N) is 5. The Morgan fingerprint density at radius 3 is 3.12 bits per heavy atom. The predicted molar refractivity (Wildman–Crippen MR) is 60.0 cm³/mol. The van der Waals surface area contributed by atoms with Crippen LogP contribution in [0.3, 0.4) is 0 Å². The Hall–Kier alpha value is -2.05. The van der Waals surface area contributed by atoms with Crippen molar-refractivity contribution < 1.29 is 9.53 Å². The van der Waals surface area contributed by atoms with E-state index in [1.807, 2.05) is 0 Å². The minimum absolute atomic E-state index is 0.268. The van der Waals surface area contributed by atoms with Gasteiger partial charge < -0.3 is 10.1 Å². The number of aryl methyl sites for hydroxylation is 1. The number of rotatable bonds is 6. The molecule has 1 N–H and O–H groups in total. The van der Waals surface area contributed by atoms with Gasteiger partial charge in [0.05, 0.1) is 13.3 Å². The third-order valence-corrected chi connectivity index (χ3v) is 2.12. The van der Waals surface area contributed by atoms with Crippen LogP contribution in [0.1, 0.15) is 11.6 Å². The van der Waals surface area contributed by atoms with Gasteiger partial charge in [-0.2, -0.15) is 5.10 Å². The van der Waals surface area contributed by atoms with Crippen LogP contribution in [0.15, 0.2) is 17.5 Å². The monoisotopic (exact) mass is 238 g/mol. The van der Waals surface area contributed by atoms with E-state index < -0.39 is 12.0 Å². The number of aromatic nitrogens is 2. The Labute approximate surface area is 98.2 Å². The zero-order valence-electron chi connectivity index (χ0n) is 9.70. The van der Waals surface area contributed by atoms with Crippen molar-refractivity contribution in [2.75, 3.05) is 20.2 Å². The molecule has 1 rings (SSSR count). The molecular weight excluding hydrogens is 224 g/mol. The van der Waals surface area contributed by atoms with Gasteiger partial charge in [-0.05, 0) is 5.53 Å². The molecule has 17 heavy (non-hydrogen) atoms. The quantitative estimate of drug-likeness (QED) is 0.256. The first-order valence-electron chi connectivity index (χ1n) is 4.99. The Morgan fingerprint density at radius 2 is 2.59 bits per heavy atom. The van der Waals surface area contributed by atoms with E-state index in [2.05, 4.69) is 20.4 Å². The van der Waals surface area contributed by atoms with Crippen molar-refractivity contribution in [3.05, 3.63) is 28.4 Å². The number of ether oxygens (including phenoxy) is 1. The van der Waals surface area contributed by atoms with Crippen LogP contribution in [0, 0.1) is 0 Å². The van der Waals surface area contributed by atoms with Crippen LogP contribution in [-0.2, 0) is 16.6 Å². The van der Waals surface area contributed by atoms with E-state index in [0.717, 1.165) is 0 Å². The van der Waals surface area contributed by atoms with Crippen molar-refractivity contribution in [1.82, 2.24) is 15.1 Å². The topological polar surface area (TPSA) is 105 Å². The van der Waals surface area contributed by atoms with Crippen molar-refractivity contribution in [1.29, 1.82) is 0 Å². The van der Waals surface area contributed by atoms with Gasteiger partial charge in [-0.25, -0.2) is 4.79 Å². The highest BCUT2D eigenvalue weighted by Gasteiger charge is 2.21. The number of methoxy groups -OCH3 is 1. The number of carbonyl (C=O) groups excluding carboxylic acids is 1. The normalized spacial score (nSPS) is 11.6. The smallest absolute Gasteiger partial charge is 0.327 e. The van der Waals surface area contributed by atoms with Crippen LogP contribution >= 0.6 is 0 Å². The molecule has 0 fully saturated rings. The van der Waals surface area contributed by atoms with E-state index in [1.54, 1.807) is 24.1 Å². The van der Waals surface area contributed by atoms with Crippen LogP contribution in [0.2, 0.25) is 0 Å². The molecular formula is C9H14N6O2. The Kier molecular flexibility index (Phi) is 4.99. The van der Waals surface area contributed by atoms with Crippen molar-refractivity contribution in [2.24, 2.45) is 12.2 Å². The molecule has 0 spiro atoms. The number of hydrogen-bond acceptors (Lipinski definition) is 5. The van der Waals surface area contributed by atoms with Crippen molar-refractivity contribution in [3.8, 4) is 0 Å². The van der Waals surface area contributed by atoms with Crippen LogP contribution in [0.25, 0.3) is 10.4 Å². The standard InChI is InChI=1S/C9H14N6O2/c1-15-6-7(5-13-15)8(9(16)17-2)11-3-4-12-14-10/h5-6,8,11H,3-4H2,1-2H3. The second kappa shape index (κ2) is 6.51. The first-order chi connectivity index (χ1) is 8.19. The van der Waals surface area contributed by atoms with Gasteiger partial charge in [0.25, 0.3) is 0 Å². The number of nitrogens with one attached hydrogen (secondary N) is 1. The van der Waals surface area contributed by atoms with Gasteiger partial charge in [0.2, 0.25) is 0 Å². The van der Waals surface area contributed by atoms with Crippen LogP contribution in [-0.4, -0.2) is 35.9 Å². The Bertz CT molecular complexity index is 423. The summed E-state index contributed by atoms with van der Waals surface area (Å²) < 4.78 is 6.29. The number of esters is 1. The fourth-order valence-electron chi connectivity index (χ4n) is 1.35. The SMILES string of the molecule is COC(=O)C(NCCN=[N+]=[N-])c1cnn(C)c1. The largest absolute Gasteiger partial charge is 0.468 e. The van der Waals surface area contributed by atoms with Crippen LogP contribution in [0.4, 0.5) is 0 Å². The molecule has 0 radical (unpaired) electrons. The predicted octanol–water partition coefficient (Wildman–Crippen LogP) is 0.534. The molecule has 1 heterocycles. The van der Waals surface area contributed by atoms with Crippen molar-refractivity contribution in [3.63, 3.8) is 0 Å². The molecule has 1 unspecified atom stereocenters. The maximum atomic E-state index is 11.6. The fraction of sp³-hybridized carbons (Fsp3) is 0.556. The van der Waals surface area contributed by atoms with Crippen molar-refractivity contribution in [2.45, 2.75) is 6.04 Å². The number of carbonyl (C=O) groups is 1. The highest BCUT2D eigenvalue weighted by atomic mass is 16.5. The lowest BCUT2D eigenvalue weighted by Gasteiger charge is -2.13. The summed E-state index contributed by atoms with van der Waals surface area (Å²) in [4.78, 5) is 14.2. The van der Waals surface area contributed by atoms with Gasteiger partial charge in [0, 0.05) is 36.8 Å². The summed E-state index contributed by atoms with van der Waals surface area (Å²) in [5.74, 6) is -0.404. The first-order valence-corrected chi connectivity index (χ1v) is 4.99. The molecule has 1 atom stereocenters. The first kappa shape index (κ1) is 13.0. The molecule has 0 aliphatic rings. The molecule has 0 bridgehead atoms. The van der Waals surface area contributed by atoms with Gasteiger partial charge in [-0.1, -0.05) is 5.11 Å². The van der Waals surface area contributed by atoms with Gasteiger partial charge >= 0.3 is 5.97 Å². The molecule has 0 aliphatic carbocycles. The third-order valence-electron chi connectivity index (χ3n) is 2.12. The molecule has 8 nitrogen and oxygen atoms in total. The maximum Gasteiger partial charge on any atom is 0.327 e. The van der Waals surface area contributed by atoms with E-state index in [-0.39, 0.29) is 6.54 Å². The Balaban J connectivity index is 2.67.